The molecule has 0 unspecified atom stereocenters. The summed E-state index contributed by atoms with van der Waals surface area (Å²) in [5, 5.41) is 11.2. The van der Waals surface area contributed by atoms with E-state index in [2.05, 4.69) is 25.5 Å². The summed E-state index contributed by atoms with van der Waals surface area (Å²) in [6.45, 7) is 3.73. The molecule has 0 aliphatic carbocycles. The summed E-state index contributed by atoms with van der Waals surface area (Å²) < 4.78 is 5.28. The number of anilines is 1. The molecule has 0 aliphatic heterocycles. The number of hydrogen-bond donors (Lipinski definition) is 3. The number of ether oxygens (including phenoxy) is 1. The average Bonchev–Trinajstić information content (AvgIpc) is 3.25. The number of rotatable bonds is 4. The van der Waals surface area contributed by atoms with Crippen LogP contribution in [0.25, 0.3) is 22.3 Å². The number of pyridine rings is 1. The molecule has 4 rings (SSSR count). The standard InChI is InChI=1S/C20H18ClN5O2/c1-10-11(2)25-26-18(10)20(27)23-13-6-12-7-17(24-19(12)22-9-13)15-8-14(28-3)4-5-16(15)21/h4-9H,1-3H3,(H,22,24)(H,23,27)(H,25,26). The van der Waals surface area contributed by atoms with Crippen molar-refractivity contribution in [2.75, 3.05) is 12.4 Å². The third-order valence-corrected chi connectivity index (χ3v) is 4.99. The van der Waals surface area contributed by atoms with Gasteiger partial charge in [-0.15, -0.1) is 0 Å². The van der Waals surface area contributed by atoms with Gasteiger partial charge in [-0.05, 0) is 44.2 Å². The topological polar surface area (TPSA) is 95.7 Å². The highest BCUT2D eigenvalue weighted by Gasteiger charge is 2.15. The van der Waals surface area contributed by atoms with Crippen LogP contribution in [0.2, 0.25) is 5.02 Å². The molecule has 0 fully saturated rings. The van der Waals surface area contributed by atoms with Gasteiger partial charge in [0, 0.05) is 27.9 Å². The van der Waals surface area contributed by atoms with Crippen LogP contribution in [0.5, 0.6) is 5.75 Å². The molecule has 3 aromatic heterocycles. The van der Waals surface area contributed by atoms with Crippen molar-refractivity contribution in [2.45, 2.75) is 13.8 Å². The van der Waals surface area contributed by atoms with Crippen LogP contribution in [-0.2, 0) is 0 Å². The third kappa shape index (κ3) is 3.20. The minimum absolute atomic E-state index is 0.283. The first-order chi connectivity index (χ1) is 13.5. The zero-order valence-electron chi connectivity index (χ0n) is 15.6. The van der Waals surface area contributed by atoms with E-state index in [4.69, 9.17) is 16.3 Å². The molecule has 3 heterocycles. The molecule has 0 radical (unpaired) electrons. The lowest BCUT2D eigenvalue weighted by atomic mass is 10.1. The normalized spacial score (nSPS) is 11.0. The fraction of sp³-hybridized carbons (Fsp3) is 0.150. The van der Waals surface area contributed by atoms with Crippen molar-refractivity contribution in [3.05, 3.63) is 58.5 Å². The van der Waals surface area contributed by atoms with Crippen LogP contribution in [0.1, 0.15) is 21.7 Å². The van der Waals surface area contributed by atoms with Gasteiger partial charge in [0.15, 0.2) is 5.69 Å². The number of aromatic amines is 2. The molecule has 142 valence electrons. The smallest absolute Gasteiger partial charge is 0.276 e. The summed E-state index contributed by atoms with van der Waals surface area (Å²) in [6, 6.07) is 9.23. The predicted molar refractivity (Wildman–Crippen MR) is 109 cm³/mol. The molecule has 3 N–H and O–H groups in total. The number of hydrogen-bond acceptors (Lipinski definition) is 4. The van der Waals surface area contributed by atoms with Gasteiger partial charge in [0.25, 0.3) is 5.91 Å². The molecule has 0 atom stereocenters. The maximum Gasteiger partial charge on any atom is 0.276 e. The van der Waals surface area contributed by atoms with Crippen molar-refractivity contribution >= 4 is 34.2 Å². The van der Waals surface area contributed by atoms with Crippen LogP contribution in [0, 0.1) is 13.8 Å². The van der Waals surface area contributed by atoms with Gasteiger partial charge in [-0.3, -0.25) is 9.89 Å². The molecule has 7 nitrogen and oxygen atoms in total. The first-order valence-corrected chi connectivity index (χ1v) is 8.99. The van der Waals surface area contributed by atoms with Crippen LogP contribution in [0.4, 0.5) is 5.69 Å². The minimum atomic E-state index is -0.283. The number of benzene rings is 1. The van der Waals surface area contributed by atoms with Crippen molar-refractivity contribution in [1.29, 1.82) is 0 Å². The summed E-state index contributed by atoms with van der Waals surface area (Å²) in [4.78, 5) is 20.1. The van der Waals surface area contributed by atoms with E-state index in [-0.39, 0.29) is 5.91 Å². The van der Waals surface area contributed by atoms with E-state index in [1.54, 1.807) is 25.4 Å². The highest BCUT2D eigenvalue weighted by atomic mass is 35.5. The SMILES string of the molecule is COc1ccc(Cl)c(-c2cc3cc(NC(=O)c4n[nH]c(C)c4C)cnc3[nH]2)c1. The summed E-state index contributed by atoms with van der Waals surface area (Å²) in [5.41, 5.74) is 4.96. The second-order valence-corrected chi connectivity index (χ2v) is 6.87. The van der Waals surface area contributed by atoms with Crippen LogP contribution < -0.4 is 10.1 Å². The number of H-pyrrole nitrogens is 2. The molecule has 0 bridgehead atoms. The number of amides is 1. The molecule has 4 aromatic rings. The summed E-state index contributed by atoms with van der Waals surface area (Å²) in [6.07, 6.45) is 1.60. The quantitative estimate of drug-likeness (QED) is 0.474. The number of aryl methyl sites for hydroxylation is 1. The number of halogens is 1. The Labute approximate surface area is 166 Å². The molecule has 28 heavy (non-hydrogen) atoms. The first kappa shape index (κ1) is 18.1. The molecule has 0 saturated carbocycles. The lowest BCUT2D eigenvalue weighted by molar-refractivity contribution is 0.102. The van der Waals surface area contributed by atoms with E-state index in [0.717, 1.165) is 27.9 Å². The van der Waals surface area contributed by atoms with E-state index in [9.17, 15) is 4.79 Å². The Kier molecular flexibility index (Phi) is 4.52. The Balaban J connectivity index is 1.65. The van der Waals surface area contributed by atoms with Crippen molar-refractivity contribution in [3.8, 4) is 17.0 Å². The number of fused-ring (bicyclic) bond motifs is 1. The maximum absolute atomic E-state index is 12.5. The van der Waals surface area contributed by atoms with Gasteiger partial charge in [-0.1, -0.05) is 11.6 Å². The van der Waals surface area contributed by atoms with Gasteiger partial charge in [-0.2, -0.15) is 5.10 Å². The Morgan fingerprint density at radius 2 is 2.04 bits per heavy atom. The number of aromatic nitrogens is 4. The summed E-state index contributed by atoms with van der Waals surface area (Å²) in [7, 11) is 1.61. The van der Waals surface area contributed by atoms with Crippen LogP contribution >= 0.6 is 11.6 Å². The second-order valence-electron chi connectivity index (χ2n) is 6.47. The van der Waals surface area contributed by atoms with Crippen LogP contribution in [-0.4, -0.2) is 33.2 Å². The van der Waals surface area contributed by atoms with E-state index >= 15 is 0 Å². The van der Waals surface area contributed by atoms with Gasteiger partial charge >= 0.3 is 0 Å². The van der Waals surface area contributed by atoms with Gasteiger partial charge in [0.05, 0.1) is 24.0 Å². The van der Waals surface area contributed by atoms with Crippen molar-refractivity contribution < 1.29 is 9.53 Å². The molecular weight excluding hydrogens is 378 g/mol. The number of carbonyl (C=O) groups excluding carboxylic acids is 1. The number of nitrogens with zero attached hydrogens (tertiary/aromatic N) is 2. The van der Waals surface area contributed by atoms with E-state index < -0.39 is 0 Å². The lowest BCUT2D eigenvalue weighted by Gasteiger charge is -2.05. The molecule has 0 spiro atoms. The largest absolute Gasteiger partial charge is 0.497 e. The molecule has 1 aromatic carbocycles. The number of carbonyl (C=O) groups is 1. The first-order valence-electron chi connectivity index (χ1n) is 8.62. The molecule has 0 aliphatic rings. The molecule has 8 heteroatoms. The Hall–Kier alpha value is -3.32. The van der Waals surface area contributed by atoms with E-state index in [0.29, 0.717) is 27.8 Å². The highest BCUT2D eigenvalue weighted by molar-refractivity contribution is 6.33. The second kappa shape index (κ2) is 7.01. The van der Waals surface area contributed by atoms with Gasteiger partial charge in [0.1, 0.15) is 11.4 Å². The van der Waals surface area contributed by atoms with Crippen molar-refractivity contribution in [2.24, 2.45) is 0 Å². The van der Waals surface area contributed by atoms with Crippen LogP contribution in [0.15, 0.2) is 36.5 Å². The van der Waals surface area contributed by atoms with Crippen molar-refractivity contribution in [3.63, 3.8) is 0 Å². The zero-order chi connectivity index (χ0) is 19.8. The lowest BCUT2D eigenvalue weighted by Crippen LogP contribution is -2.13. The highest BCUT2D eigenvalue weighted by Crippen LogP contribution is 2.33. The predicted octanol–water partition coefficient (Wildman–Crippen LogP) is 4.48. The summed E-state index contributed by atoms with van der Waals surface area (Å²) >= 11 is 6.34. The van der Waals surface area contributed by atoms with Gasteiger partial charge in [0.2, 0.25) is 0 Å². The monoisotopic (exact) mass is 395 g/mol. The van der Waals surface area contributed by atoms with Gasteiger partial charge in [-0.25, -0.2) is 4.98 Å². The zero-order valence-corrected chi connectivity index (χ0v) is 16.3. The number of nitrogens with one attached hydrogen (secondary N) is 3. The fourth-order valence-electron chi connectivity index (χ4n) is 2.96. The maximum atomic E-state index is 12.5. The van der Waals surface area contributed by atoms with Crippen LogP contribution in [0.3, 0.4) is 0 Å². The molecular formula is C20H18ClN5O2. The van der Waals surface area contributed by atoms with E-state index in [1.807, 2.05) is 32.0 Å². The Bertz CT molecular complexity index is 1190. The van der Waals surface area contributed by atoms with Gasteiger partial charge < -0.3 is 15.0 Å². The Morgan fingerprint density at radius 3 is 2.75 bits per heavy atom. The Morgan fingerprint density at radius 1 is 1.21 bits per heavy atom. The fourth-order valence-corrected chi connectivity index (χ4v) is 3.18. The third-order valence-electron chi connectivity index (χ3n) is 4.66. The number of methoxy groups -OCH3 is 1. The van der Waals surface area contributed by atoms with Crippen molar-refractivity contribution in [1.82, 2.24) is 20.2 Å². The minimum Gasteiger partial charge on any atom is -0.497 e. The average molecular weight is 396 g/mol. The molecule has 1 amide bonds. The molecule has 0 saturated heterocycles. The van der Waals surface area contributed by atoms with E-state index in [1.165, 1.54) is 0 Å². The summed E-state index contributed by atoms with van der Waals surface area (Å²) in [5.74, 6) is 0.429.